The minimum absolute atomic E-state index is 0.168. The van der Waals surface area contributed by atoms with E-state index in [-0.39, 0.29) is 22.0 Å². The number of phenols is 2. The number of amides is 1. The fourth-order valence-electron chi connectivity index (χ4n) is 3.12. The average Bonchev–Trinajstić information content (AvgIpc) is 2.89. The van der Waals surface area contributed by atoms with Crippen LogP contribution in [0.25, 0.3) is 10.8 Å². The molecule has 0 bridgehead atoms. The zero-order chi connectivity index (χ0) is 19.9. The van der Waals surface area contributed by atoms with Crippen LogP contribution in [0, 0.1) is 0 Å². The van der Waals surface area contributed by atoms with Gasteiger partial charge in [-0.25, -0.2) is 13.8 Å². The summed E-state index contributed by atoms with van der Waals surface area (Å²) in [7, 11) is -3.84. The molecule has 3 aromatic rings. The molecule has 0 aromatic heterocycles. The maximum absolute atomic E-state index is 12.8. The van der Waals surface area contributed by atoms with Gasteiger partial charge in [-0.2, -0.15) is 5.10 Å². The number of nitrogens with one attached hydrogen (secondary N) is 1. The number of rotatable bonds is 4. The summed E-state index contributed by atoms with van der Waals surface area (Å²) in [4.78, 5) is 12.4. The predicted octanol–water partition coefficient (Wildman–Crippen LogP) is 1.91. The fourth-order valence-corrected chi connectivity index (χ4v) is 4.79. The smallest absolute Gasteiger partial charge is 0.265 e. The molecule has 3 N–H and O–H groups in total. The molecule has 8 nitrogen and oxygen atoms in total. The normalized spacial score (nSPS) is 14.6. The Bertz CT molecular complexity index is 1230. The van der Waals surface area contributed by atoms with E-state index in [9.17, 15) is 23.4 Å². The van der Waals surface area contributed by atoms with Crippen LogP contribution in [0.3, 0.4) is 0 Å². The number of hydrazone groups is 1. The standard InChI is InChI=1S/C19H15N3O5S/c23-15-8-2-6-13(19(15)25)10-20-21-17(24)11-22-14-7-1-4-12-5-3-9-16(18(12)14)28(22,26)27/h1-10,23,25H,11H2,(H,21,24)/b20-10+. The van der Waals surface area contributed by atoms with E-state index in [1.165, 1.54) is 24.3 Å². The average molecular weight is 397 g/mol. The molecule has 1 aliphatic heterocycles. The van der Waals surface area contributed by atoms with Crippen LogP contribution in [0.1, 0.15) is 5.56 Å². The van der Waals surface area contributed by atoms with Crippen LogP contribution in [0.5, 0.6) is 11.5 Å². The lowest BCUT2D eigenvalue weighted by Crippen LogP contribution is -2.37. The SMILES string of the molecule is O=C(CN1c2cccc3cccc(c23)S1(=O)=O)N/N=C/c1cccc(O)c1O. The summed E-state index contributed by atoms with van der Waals surface area (Å²) in [6.45, 7) is -0.445. The molecule has 0 unspecified atom stereocenters. The Kier molecular flexibility index (Phi) is 4.16. The third kappa shape index (κ3) is 2.81. The van der Waals surface area contributed by atoms with Gasteiger partial charge in [0.2, 0.25) is 0 Å². The number of nitrogens with zero attached hydrogens (tertiary/aromatic N) is 2. The largest absolute Gasteiger partial charge is 0.504 e. The van der Waals surface area contributed by atoms with Crippen molar-refractivity contribution in [1.29, 1.82) is 0 Å². The van der Waals surface area contributed by atoms with Gasteiger partial charge in [0.05, 0.1) is 16.8 Å². The minimum atomic E-state index is -3.84. The van der Waals surface area contributed by atoms with E-state index < -0.39 is 22.5 Å². The molecule has 28 heavy (non-hydrogen) atoms. The highest BCUT2D eigenvalue weighted by Gasteiger charge is 2.36. The number of carbonyl (C=O) groups excluding carboxylic acids is 1. The van der Waals surface area contributed by atoms with Crippen LogP contribution in [0.2, 0.25) is 0 Å². The van der Waals surface area contributed by atoms with Gasteiger partial charge in [-0.1, -0.05) is 30.3 Å². The third-order valence-electron chi connectivity index (χ3n) is 4.41. The lowest BCUT2D eigenvalue weighted by molar-refractivity contribution is -0.119. The predicted molar refractivity (Wildman–Crippen MR) is 104 cm³/mol. The topological polar surface area (TPSA) is 119 Å². The number of phenolic OH excluding ortho intramolecular Hbond substituents is 2. The van der Waals surface area contributed by atoms with Crippen LogP contribution < -0.4 is 9.73 Å². The number of sulfonamides is 1. The van der Waals surface area contributed by atoms with Crippen LogP contribution >= 0.6 is 0 Å². The second-order valence-electron chi connectivity index (χ2n) is 6.15. The molecule has 0 fully saturated rings. The first-order valence-corrected chi connectivity index (χ1v) is 9.71. The van der Waals surface area contributed by atoms with Crippen molar-refractivity contribution in [1.82, 2.24) is 5.43 Å². The number of hydrogen-bond acceptors (Lipinski definition) is 6. The Hall–Kier alpha value is -3.59. The van der Waals surface area contributed by atoms with Crippen LogP contribution in [0.4, 0.5) is 5.69 Å². The van der Waals surface area contributed by atoms with Gasteiger partial charge >= 0.3 is 0 Å². The maximum atomic E-state index is 12.8. The van der Waals surface area contributed by atoms with Gasteiger partial charge in [0, 0.05) is 10.9 Å². The molecule has 0 spiro atoms. The Morgan fingerprint density at radius 1 is 1.07 bits per heavy atom. The van der Waals surface area contributed by atoms with Crippen molar-refractivity contribution in [2.75, 3.05) is 10.8 Å². The molecule has 0 atom stereocenters. The summed E-state index contributed by atoms with van der Waals surface area (Å²) in [6.07, 6.45) is 1.15. The first-order valence-electron chi connectivity index (χ1n) is 8.27. The van der Waals surface area contributed by atoms with Crippen LogP contribution in [-0.4, -0.2) is 37.3 Å². The number of para-hydroxylation sites is 1. The molecule has 4 rings (SSSR count). The molecule has 142 valence electrons. The van der Waals surface area contributed by atoms with Crippen molar-refractivity contribution in [3.63, 3.8) is 0 Å². The highest BCUT2D eigenvalue weighted by molar-refractivity contribution is 7.93. The first kappa shape index (κ1) is 17.8. The second kappa shape index (κ2) is 6.54. The molecule has 1 amide bonds. The lowest BCUT2D eigenvalue weighted by Gasteiger charge is -2.17. The summed E-state index contributed by atoms with van der Waals surface area (Å²) in [6, 6.07) is 14.5. The first-order chi connectivity index (χ1) is 13.4. The highest BCUT2D eigenvalue weighted by Crippen LogP contribution is 2.41. The van der Waals surface area contributed by atoms with Crippen LogP contribution in [0.15, 0.2) is 64.6 Å². The van der Waals surface area contributed by atoms with E-state index in [0.717, 1.165) is 15.9 Å². The van der Waals surface area contributed by atoms with Crippen molar-refractivity contribution in [3.05, 3.63) is 60.2 Å². The summed E-state index contributed by atoms with van der Waals surface area (Å²) in [5.41, 5.74) is 2.88. The molecule has 0 saturated heterocycles. The Morgan fingerprint density at radius 3 is 2.57 bits per heavy atom. The molecule has 0 aliphatic carbocycles. The maximum Gasteiger partial charge on any atom is 0.265 e. The van der Waals surface area contributed by atoms with E-state index in [1.807, 2.05) is 12.1 Å². The highest BCUT2D eigenvalue weighted by atomic mass is 32.2. The summed E-state index contributed by atoms with van der Waals surface area (Å²) in [5.74, 6) is -1.33. The summed E-state index contributed by atoms with van der Waals surface area (Å²) < 4.78 is 26.7. The number of benzene rings is 3. The molecule has 1 heterocycles. The van der Waals surface area contributed by atoms with E-state index in [2.05, 4.69) is 10.5 Å². The summed E-state index contributed by atoms with van der Waals surface area (Å²) in [5, 5.41) is 24.2. The van der Waals surface area contributed by atoms with E-state index in [0.29, 0.717) is 11.1 Å². The van der Waals surface area contributed by atoms with Crippen LogP contribution in [-0.2, 0) is 14.8 Å². The molecular weight excluding hydrogens is 382 g/mol. The Morgan fingerprint density at radius 2 is 1.79 bits per heavy atom. The van der Waals surface area contributed by atoms with Crippen molar-refractivity contribution in [3.8, 4) is 11.5 Å². The number of carbonyl (C=O) groups is 1. The van der Waals surface area contributed by atoms with Gasteiger partial charge in [-0.15, -0.1) is 0 Å². The van der Waals surface area contributed by atoms with Gasteiger partial charge in [0.15, 0.2) is 11.5 Å². The monoisotopic (exact) mass is 397 g/mol. The van der Waals surface area contributed by atoms with Crippen molar-refractivity contribution < 1.29 is 23.4 Å². The van der Waals surface area contributed by atoms with Crippen molar-refractivity contribution >= 4 is 38.6 Å². The molecule has 0 saturated carbocycles. The quantitative estimate of drug-likeness (QED) is 0.353. The van der Waals surface area contributed by atoms with Gasteiger partial charge in [-0.05, 0) is 29.7 Å². The zero-order valence-electron chi connectivity index (χ0n) is 14.4. The van der Waals surface area contributed by atoms with E-state index in [1.54, 1.807) is 18.2 Å². The molecule has 0 radical (unpaired) electrons. The second-order valence-corrected chi connectivity index (χ2v) is 7.98. The van der Waals surface area contributed by atoms with E-state index in [4.69, 9.17) is 0 Å². The van der Waals surface area contributed by atoms with Gasteiger partial charge in [-0.3, -0.25) is 9.10 Å². The van der Waals surface area contributed by atoms with E-state index >= 15 is 0 Å². The number of anilines is 1. The summed E-state index contributed by atoms with van der Waals surface area (Å²) >= 11 is 0. The Balaban J connectivity index is 1.55. The van der Waals surface area contributed by atoms with Gasteiger partial charge in [0.1, 0.15) is 6.54 Å². The lowest BCUT2D eigenvalue weighted by atomic mass is 10.1. The van der Waals surface area contributed by atoms with Gasteiger partial charge < -0.3 is 10.2 Å². The molecular formula is C19H15N3O5S. The van der Waals surface area contributed by atoms with Gasteiger partial charge in [0.25, 0.3) is 15.9 Å². The number of aromatic hydroxyl groups is 2. The van der Waals surface area contributed by atoms with Crippen molar-refractivity contribution in [2.45, 2.75) is 4.90 Å². The molecule has 3 aromatic carbocycles. The Labute approximate surface area is 160 Å². The molecule has 9 heteroatoms. The van der Waals surface area contributed by atoms with Crippen molar-refractivity contribution in [2.24, 2.45) is 5.10 Å². The molecule has 1 aliphatic rings. The zero-order valence-corrected chi connectivity index (χ0v) is 15.2. The third-order valence-corrected chi connectivity index (χ3v) is 6.21. The minimum Gasteiger partial charge on any atom is -0.504 e. The fraction of sp³-hybridized carbons (Fsp3) is 0.0526. The number of hydrogen-bond donors (Lipinski definition) is 3.